The summed E-state index contributed by atoms with van der Waals surface area (Å²) in [5.74, 6) is -0.0649. The minimum absolute atomic E-state index is 0.0580. The minimum Gasteiger partial charge on any atom is -0.494 e. The van der Waals surface area contributed by atoms with Crippen molar-refractivity contribution in [1.82, 2.24) is 0 Å². The van der Waals surface area contributed by atoms with Crippen molar-refractivity contribution in [1.29, 1.82) is 0 Å². The number of hydrogen-bond donors (Lipinski definition) is 0. The molecule has 0 aromatic heterocycles. The molecule has 2 rings (SSSR count). The Morgan fingerprint density at radius 3 is 2.56 bits per heavy atom. The van der Waals surface area contributed by atoms with E-state index in [1.54, 1.807) is 18.2 Å². The third-order valence-corrected chi connectivity index (χ3v) is 3.18. The molecule has 0 N–H and O–H groups in total. The van der Waals surface area contributed by atoms with Crippen molar-refractivity contribution in [2.45, 2.75) is 26.7 Å². The van der Waals surface area contributed by atoms with Crippen molar-refractivity contribution >= 4 is 11.4 Å². The molecule has 0 radical (unpaired) electrons. The van der Waals surface area contributed by atoms with Crippen LogP contribution in [-0.2, 0) is 4.79 Å². The number of methoxy groups -OCH3 is 1. The lowest BCUT2D eigenvalue weighted by Gasteiger charge is -2.29. The standard InChI is InChI=1S/C15H17FO2/c1-15(2)8-11(6-12(17)9-15)10-4-5-14(18-3)13(16)7-10/h4-7H,8-9H2,1-3H3. The Morgan fingerprint density at radius 2 is 2.00 bits per heavy atom. The molecule has 0 amide bonds. The van der Waals surface area contributed by atoms with Gasteiger partial charge in [-0.1, -0.05) is 19.9 Å². The van der Waals surface area contributed by atoms with Crippen LogP contribution in [0.3, 0.4) is 0 Å². The lowest BCUT2D eigenvalue weighted by atomic mass is 9.75. The van der Waals surface area contributed by atoms with Gasteiger partial charge in [-0.05, 0) is 41.2 Å². The van der Waals surface area contributed by atoms with Gasteiger partial charge in [0.15, 0.2) is 17.3 Å². The first-order valence-electron chi connectivity index (χ1n) is 5.99. The number of carbonyl (C=O) groups excluding carboxylic acids is 1. The molecule has 1 aromatic rings. The second kappa shape index (κ2) is 4.56. The van der Waals surface area contributed by atoms with Crippen LogP contribution in [0.25, 0.3) is 5.57 Å². The van der Waals surface area contributed by atoms with Crippen LogP contribution < -0.4 is 4.74 Å². The number of carbonyl (C=O) groups is 1. The highest BCUT2D eigenvalue weighted by Gasteiger charge is 2.28. The average Bonchev–Trinajstić information content (AvgIpc) is 2.26. The molecule has 18 heavy (non-hydrogen) atoms. The van der Waals surface area contributed by atoms with E-state index in [0.717, 1.165) is 17.6 Å². The minimum atomic E-state index is -0.397. The van der Waals surface area contributed by atoms with Crippen LogP contribution in [0.1, 0.15) is 32.3 Å². The van der Waals surface area contributed by atoms with Gasteiger partial charge in [0.1, 0.15) is 0 Å². The molecule has 0 atom stereocenters. The maximum absolute atomic E-state index is 13.7. The average molecular weight is 248 g/mol. The van der Waals surface area contributed by atoms with E-state index in [2.05, 4.69) is 13.8 Å². The van der Waals surface area contributed by atoms with Gasteiger partial charge in [0.05, 0.1) is 7.11 Å². The second-order valence-corrected chi connectivity index (χ2v) is 5.50. The van der Waals surface area contributed by atoms with E-state index >= 15 is 0 Å². The van der Waals surface area contributed by atoms with Gasteiger partial charge in [0.2, 0.25) is 0 Å². The molecule has 3 heteroatoms. The predicted molar refractivity (Wildman–Crippen MR) is 69.0 cm³/mol. The number of allylic oxidation sites excluding steroid dienone is 2. The topological polar surface area (TPSA) is 26.3 Å². The fourth-order valence-electron chi connectivity index (χ4n) is 2.40. The zero-order valence-electron chi connectivity index (χ0n) is 10.9. The molecule has 0 saturated carbocycles. The summed E-state index contributed by atoms with van der Waals surface area (Å²) in [6.07, 6.45) is 2.96. The molecule has 1 aromatic carbocycles. The molecule has 1 aliphatic carbocycles. The van der Waals surface area contributed by atoms with E-state index < -0.39 is 5.82 Å². The number of halogens is 1. The molecule has 0 bridgehead atoms. The van der Waals surface area contributed by atoms with Gasteiger partial charge in [0, 0.05) is 6.42 Å². The number of ketones is 1. The lowest BCUT2D eigenvalue weighted by Crippen LogP contribution is -2.21. The zero-order valence-corrected chi connectivity index (χ0v) is 10.9. The predicted octanol–water partition coefficient (Wildman–Crippen LogP) is 3.61. The highest BCUT2D eigenvalue weighted by Crippen LogP contribution is 2.38. The van der Waals surface area contributed by atoms with Crippen LogP contribution in [0.15, 0.2) is 24.3 Å². The van der Waals surface area contributed by atoms with Crippen molar-refractivity contribution in [3.05, 3.63) is 35.7 Å². The maximum Gasteiger partial charge on any atom is 0.165 e. The highest BCUT2D eigenvalue weighted by atomic mass is 19.1. The van der Waals surface area contributed by atoms with Gasteiger partial charge in [-0.15, -0.1) is 0 Å². The molecule has 2 nitrogen and oxygen atoms in total. The Bertz CT molecular complexity index is 515. The third-order valence-electron chi connectivity index (χ3n) is 3.18. The molecule has 0 unspecified atom stereocenters. The summed E-state index contributed by atoms with van der Waals surface area (Å²) >= 11 is 0. The van der Waals surface area contributed by atoms with Crippen molar-refractivity contribution in [3.63, 3.8) is 0 Å². The van der Waals surface area contributed by atoms with Gasteiger partial charge in [-0.2, -0.15) is 0 Å². The van der Waals surface area contributed by atoms with E-state index in [1.807, 2.05) is 0 Å². The molecule has 0 spiro atoms. The molecule has 0 aliphatic heterocycles. The summed E-state index contributed by atoms with van der Waals surface area (Å²) in [4.78, 5) is 11.7. The lowest BCUT2D eigenvalue weighted by molar-refractivity contribution is -0.116. The Kier molecular flexibility index (Phi) is 3.24. The summed E-state index contributed by atoms with van der Waals surface area (Å²) < 4.78 is 18.5. The van der Waals surface area contributed by atoms with Crippen molar-refractivity contribution in [2.75, 3.05) is 7.11 Å². The maximum atomic E-state index is 13.7. The smallest absolute Gasteiger partial charge is 0.165 e. The molecular formula is C15H17FO2. The Labute approximate surface area is 106 Å². The normalized spacial score (nSPS) is 18.4. The molecule has 96 valence electrons. The monoisotopic (exact) mass is 248 g/mol. The molecule has 1 aliphatic rings. The summed E-state index contributed by atoms with van der Waals surface area (Å²) in [7, 11) is 1.44. The van der Waals surface area contributed by atoms with Crippen molar-refractivity contribution in [3.8, 4) is 5.75 Å². The van der Waals surface area contributed by atoms with E-state index in [-0.39, 0.29) is 16.9 Å². The number of rotatable bonds is 2. The van der Waals surface area contributed by atoms with Gasteiger partial charge in [-0.25, -0.2) is 4.39 Å². The van der Waals surface area contributed by atoms with Gasteiger partial charge in [0.25, 0.3) is 0 Å². The Balaban J connectivity index is 2.37. The molecule has 0 saturated heterocycles. The van der Waals surface area contributed by atoms with Crippen molar-refractivity contribution in [2.24, 2.45) is 5.41 Å². The first kappa shape index (κ1) is 12.8. The van der Waals surface area contributed by atoms with Crippen LogP contribution in [0.5, 0.6) is 5.75 Å². The van der Waals surface area contributed by atoms with E-state index in [0.29, 0.717) is 6.42 Å². The zero-order chi connectivity index (χ0) is 13.3. The summed E-state index contributed by atoms with van der Waals surface area (Å²) in [5.41, 5.74) is 1.60. The third kappa shape index (κ3) is 2.61. The molecular weight excluding hydrogens is 231 g/mol. The van der Waals surface area contributed by atoms with Crippen LogP contribution in [0.2, 0.25) is 0 Å². The van der Waals surface area contributed by atoms with Crippen LogP contribution in [0.4, 0.5) is 4.39 Å². The summed E-state index contributed by atoms with van der Waals surface area (Å²) in [5, 5.41) is 0. The van der Waals surface area contributed by atoms with E-state index in [9.17, 15) is 9.18 Å². The summed E-state index contributed by atoms with van der Waals surface area (Å²) in [6, 6.07) is 4.82. The van der Waals surface area contributed by atoms with Crippen molar-refractivity contribution < 1.29 is 13.9 Å². The van der Waals surface area contributed by atoms with Gasteiger partial charge < -0.3 is 4.74 Å². The highest BCUT2D eigenvalue weighted by molar-refractivity contribution is 5.99. The largest absolute Gasteiger partial charge is 0.494 e. The summed E-state index contributed by atoms with van der Waals surface area (Å²) in [6.45, 7) is 4.11. The Hall–Kier alpha value is -1.64. The molecule has 0 fully saturated rings. The Morgan fingerprint density at radius 1 is 1.28 bits per heavy atom. The molecule has 0 heterocycles. The van der Waals surface area contributed by atoms with E-state index in [4.69, 9.17) is 4.74 Å². The van der Waals surface area contributed by atoms with Crippen LogP contribution in [0, 0.1) is 11.2 Å². The van der Waals surface area contributed by atoms with Crippen LogP contribution in [-0.4, -0.2) is 12.9 Å². The van der Waals surface area contributed by atoms with Crippen LogP contribution >= 0.6 is 0 Å². The number of benzene rings is 1. The number of ether oxygens (including phenoxy) is 1. The first-order chi connectivity index (χ1) is 8.41. The SMILES string of the molecule is COc1ccc(C2=CC(=O)CC(C)(C)C2)cc1F. The van der Waals surface area contributed by atoms with E-state index in [1.165, 1.54) is 13.2 Å². The fourth-order valence-corrected chi connectivity index (χ4v) is 2.40. The first-order valence-corrected chi connectivity index (χ1v) is 5.99. The second-order valence-electron chi connectivity index (χ2n) is 5.50. The van der Waals surface area contributed by atoms with Gasteiger partial charge in [-0.3, -0.25) is 4.79 Å². The number of hydrogen-bond acceptors (Lipinski definition) is 2. The fraction of sp³-hybridized carbons (Fsp3) is 0.400. The van der Waals surface area contributed by atoms with Gasteiger partial charge >= 0.3 is 0 Å². The quantitative estimate of drug-likeness (QED) is 0.799.